The smallest absolute Gasteiger partial charge is 0.320 e. The van der Waals surface area contributed by atoms with Crippen LogP contribution in [0, 0.1) is 11.3 Å². The largest absolute Gasteiger partial charge is 0.325 e. The summed E-state index contributed by atoms with van der Waals surface area (Å²) in [6.07, 6.45) is 7.40. The minimum atomic E-state index is 0.0156. The number of pyridine rings is 1. The van der Waals surface area contributed by atoms with Gasteiger partial charge >= 0.3 is 6.03 Å². The molecule has 0 unspecified atom stereocenters. The Bertz CT molecular complexity index is 614. The van der Waals surface area contributed by atoms with E-state index in [1.807, 2.05) is 21.9 Å². The summed E-state index contributed by atoms with van der Waals surface area (Å²) in [4.78, 5) is 32.8. The van der Waals surface area contributed by atoms with Crippen LogP contribution in [0.3, 0.4) is 0 Å². The van der Waals surface area contributed by atoms with Crippen LogP contribution in [0.5, 0.6) is 0 Å². The minimum Gasteiger partial charge on any atom is -0.325 e. The molecule has 122 valence electrons. The van der Waals surface area contributed by atoms with Gasteiger partial charge in [0, 0.05) is 43.7 Å². The highest BCUT2D eigenvalue weighted by Gasteiger charge is 2.61. The zero-order chi connectivity index (χ0) is 15.9. The van der Waals surface area contributed by atoms with Crippen molar-refractivity contribution in [2.24, 2.45) is 11.3 Å². The Kier molecular flexibility index (Phi) is 3.47. The zero-order valence-electron chi connectivity index (χ0n) is 13.2. The first-order valence-electron chi connectivity index (χ1n) is 8.43. The molecule has 6 heteroatoms. The van der Waals surface area contributed by atoms with Crippen LogP contribution >= 0.6 is 0 Å². The van der Waals surface area contributed by atoms with E-state index in [0.717, 1.165) is 57.5 Å². The molecule has 6 nitrogen and oxygen atoms in total. The Balaban J connectivity index is 1.35. The molecule has 1 N–H and O–H groups in total. The fourth-order valence-corrected chi connectivity index (χ4v) is 4.00. The van der Waals surface area contributed by atoms with Crippen molar-refractivity contribution in [3.63, 3.8) is 0 Å². The average Bonchev–Trinajstić information content (AvgIpc) is 2.94. The number of urea groups is 1. The molecule has 3 heterocycles. The number of hydrogen-bond acceptors (Lipinski definition) is 3. The van der Waals surface area contributed by atoms with E-state index in [2.05, 4.69) is 10.3 Å². The van der Waals surface area contributed by atoms with Gasteiger partial charge in [-0.2, -0.15) is 0 Å². The van der Waals surface area contributed by atoms with Gasteiger partial charge in [-0.3, -0.25) is 9.78 Å². The Morgan fingerprint density at radius 2 is 2.04 bits per heavy atom. The number of nitrogens with one attached hydrogen (secondary N) is 1. The van der Waals surface area contributed by atoms with Crippen molar-refractivity contribution in [2.45, 2.75) is 25.7 Å². The fraction of sp³-hybridized carbons (Fsp3) is 0.588. The van der Waals surface area contributed by atoms with Crippen molar-refractivity contribution in [1.82, 2.24) is 14.8 Å². The quantitative estimate of drug-likeness (QED) is 0.907. The molecule has 1 aliphatic carbocycles. The maximum atomic E-state index is 12.5. The Morgan fingerprint density at radius 1 is 1.22 bits per heavy atom. The molecular formula is C17H22N4O2. The van der Waals surface area contributed by atoms with E-state index in [0.29, 0.717) is 0 Å². The summed E-state index contributed by atoms with van der Waals surface area (Å²) in [6.45, 7) is 3.28. The topological polar surface area (TPSA) is 65.5 Å². The SMILES string of the molecule is O=C(Nc1cccnc1)[C@@H]1C[C@]12CCN(C(=O)N1CCCC1)C2. The lowest BCUT2D eigenvalue weighted by Crippen LogP contribution is -2.40. The summed E-state index contributed by atoms with van der Waals surface area (Å²) in [5, 5.41) is 2.94. The van der Waals surface area contributed by atoms with Crippen LogP contribution in [0.1, 0.15) is 25.7 Å². The molecule has 1 spiro atoms. The van der Waals surface area contributed by atoms with Gasteiger partial charge < -0.3 is 15.1 Å². The summed E-state index contributed by atoms with van der Waals surface area (Å²) in [6, 6.07) is 3.82. The Hall–Kier alpha value is -2.11. The highest BCUT2D eigenvalue weighted by Crippen LogP contribution is 2.58. The van der Waals surface area contributed by atoms with Crippen molar-refractivity contribution in [1.29, 1.82) is 0 Å². The standard InChI is InChI=1S/C17H22N4O2/c22-15(19-13-4-3-6-18-11-13)14-10-17(14)5-9-21(12-17)16(23)20-7-1-2-8-20/h3-4,6,11,14H,1-2,5,7-10,12H2,(H,19,22)/t14-,17-/m0/s1. The molecule has 1 aromatic heterocycles. The molecule has 4 rings (SSSR count). The van der Waals surface area contributed by atoms with Gasteiger partial charge in [0.15, 0.2) is 0 Å². The van der Waals surface area contributed by atoms with E-state index < -0.39 is 0 Å². The molecule has 23 heavy (non-hydrogen) atoms. The van der Waals surface area contributed by atoms with Gasteiger partial charge in [0.25, 0.3) is 0 Å². The van der Waals surface area contributed by atoms with Gasteiger partial charge in [-0.05, 0) is 37.8 Å². The van der Waals surface area contributed by atoms with Gasteiger partial charge in [-0.1, -0.05) is 0 Å². The number of aromatic nitrogens is 1. The highest BCUT2D eigenvalue weighted by molar-refractivity contribution is 5.95. The van der Waals surface area contributed by atoms with Crippen LogP contribution in [-0.2, 0) is 4.79 Å². The van der Waals surface area contributed by atoms with Gasteiger partial charge in [0.1, 0.15) is 0 Å². The summed E-state index contributed by atoms with van der Waals surface area (Å²) in [5.41, 5.74) is 0.754. The predicted molar refractivity (Wildman–Crippen MR) is 85.8 cm³/mol. The van der Waals surface area contributed by atoms with Gasteiger partial charge in [0.05, 0.1) is 11.9 Å². The molecule has 2 saturated heterocycles. The number of amides is 3. The molecule has 1 aromatic rings. The first kappa shape index (κ1) is 14.5. The van der Waals surface area contributed by atoms with Crippen molar-refractivity contribution < 1.29 is 9.59 Å². The van der Waals surface area contributed by atoms with E-state index in [1.54, 1.807) is 12.4 Å². The molecule has 1 saturated carbocycles. The zero-order valence-corrected chi connectivity index (χ0v) is 13.2. The number of carbonyl (C=O) groups is 2. The number of anilines is 1. The molecule has 3 fully saturated rings. The first-order valence-corrected chi connectivity index (χ1v) is 8.43. The maximum absolute atomic E-state index is 12.5. The van der Waals surface area contributed by atoms with Gasteiger partial charge in [0.2, 0.25) is 5.91 Å². The van der Waals surface area contributed by atoms with Crippen LogP contribution < -0.4 is 5.32 Å². The molecule has 0 aromatic carbocycles. The highest BCUT2D eigenvalue weighted by atomic mass is 16.2. The lowest BCUT2D eigenvalue weighted by Gasteiger charge is -2.24. The van der Waals surface area contributed by atoms with Crippen LogP contribution in [0.25, 0.3) is 0 Å². The monoisotopic (exact) mass is 314 g/mol. The number of carbonyl (C=O) groups excluding carboxylic acids is 2. The first-order chi connectivity index (χ1) is 11.2. The third-order valence-corrected chi connectivity index (χ3v) is 5.47. The van der Waals surface area contributed by atoms with Crippen molar-refractivity contribution >= 4 is 17.6 Å². The Labute approximate surface area is 135 Å². The van der Waals surface area contributed by atoms with E-state index in [-0.39, 0.29) is 23.3 Å². The van der Waals surface area contributed by atoms with Crippen molar-refractivity contribution in [3.05, 3.63) is 24.5 Å². The lowest BCUT2D eigenvalue weighted by atomic mass is 10.0. The van der Waals surface area contributed by atoms with Crippen LogP contribution in [0.15, 0.2) is 24.5 Å². The van der Waals surface area contributed by atoms with Gasteiger partial charge in [-0.25, -0.2) is 4.79 Å². The number of nitrogens with zero attached hydrogens (tertiary/aromatic N) is 3. The third kappa shape index (κ3) is 2.66. The molecule has 3 amide bonds. The predicted octanol–water partition coefficient (Wildman–Crippen LogP) is 1.95. The van der Waals surface area contributed by atoms with Crippen molar-refractivity contribution in [2.75, 3.05) is 31.5 Å². The molecule has 2 aliphatic heterocycles. The summed E-state index contributed by atoms with van der Waals surface area (Å²) in [7, 11) is 0. The summed E-state index contributed by atoms with van der Waals surface area (Å²) < 4.78 is 0. The van der Waals surface area contributed by atoms with Crippen LogP contribution in [-0.4, -0.2) is 52.9 Å². The molecule has 3 aliphatic rings. The average molecular weight is 314 g/mol. The second-order valence-corrected chi connectivity index (χ2v) is 7.00. The van der Waals surface area contributed by atoms with E-state index in [4.69, 9.17) is 0 Å². The molecular weight excluding hydrogens is 292 g/mol. The molecule has 0 bridgehead atoms. The minimum absolute atomic E-state index is 0.0156. The maximum Gasteiger partial charge on any atom is 0.320 e. The second kappa shape index (κ2) is 5.51. The number of rotatable bonds is 2. The summed E-state index contributed by atoms with van der Waals surface area (Å²) in [5.74, 6) is 0.0903. The lowest BCUT2D eigenvalue weighted by molar-refractivity contribution is -0.118. The molecule has 0 radical (unpaired) electrons. The Morgan fingerprint density at radius 3 is 2.78 bits per heavy atom. The van der Waals surface area contributed by atoms with Crippen molar-refractivity contribution in [3.8, 4) is 0 Å². The van der Waals surface area contributed by atoms with Crippen LogP contribution in [0.2, 0.25) is 0 Å². The normalized spacial score (nSPS) is 29.1. The van der Waals surface area contributed by atoms with E-state index in [1.165, 1.54) is 0 Å². The molecule has 2 atom stereocenters. The van der Waals surface area contributed by atoms with E-state index >= 15 is 0 Å². The van der Waals surface area contributed by atoms with Crippen LogP contribution in [0.4, 0.5) is 10.5 Å². The number of likely N-dealkylation sites (tertiary alicyclic amines) is 2. The summed E-state index contributed by atoms with van der Waals surface area (Å²) >= 11 is 0. The van der Waals surface area contributed by atoms with Gasteiger partial charge in [-0.15, -0.1) is 0 Å². The second-order valence-electron chi connectivity index (χ2n) is 7.00. The fourth-order valence-electron chi connectivity index (χ4n) is 4.00. The third-order valence-electron chi connectivity index (χ3n) is 5.47. The van der Waals surface area contributed by atoms with E-state index in [9.17, 15) is 9.59 Å². The number of hydrogen-bond donors (Lipinski definition) is 1.